The number of carbonyl (C=O) groups is 1. The van der Waals surface area contributed by atoms with Gasteiger partial charge in [0.2, 0.25) is 5.91 Å². The molecule has 0 saturated carbocycles. The first-order valence-corrected chi connectivity index (χ1v) is 8.75. The molecule has 0 spiro atoms. The second kappa shape index (κ2) is 6.64. The molecule has 1 fully saturated rings. The van der Waals surface area contributed by atoms with Gasteiger partial charge in [-0.2, -0.15) is 4.98 Å². The molecule has 1 aliphatic heterocycles. The van der Waals surface area contributed by atoms with Crippen molar-refractivity contribution in [3.63, 3.8) is 0 Å². The number of nitrogens with zero attached hydrogens (tertiary/aromatic N) is 2. The molecule has 0 atom stereocenters. The van der Waals surface area contributed by atoms with E-state index in [0.717, 1.165) is 61.5 Å². The lowest BCUT2D eigenvalue weighted by molar-refractivity contribution is -0.128. The second-order valence-corrected chi connectivity index (χ2v) is 6.71. The van der Waals surface area contributed by atoms with Crippen LogP contribution in [0.5, 0.6) is 0 Å². The Morgan fingerprint density at radius 2 is 1.90 bits per heavy atom. The van der Waals surface area contributed by atoms with E-state index < -0.39 is 0 Å². The quantitative estimate of drug-likeness (QED) is 0.682. The van der Waals surface area contributed by atoms with Gasteiger partial charge < -0.3 is 9.88 Å². The maximum atomic E-state index is 12.3. The highest BCUT2D eigenvalue weighted by molar-refractivity contribution is 7.99. The molecule has 1 aromatic heterocycles. The normalized spacial score (nSPS) is 18.4. The van der Waals surface area contributed by atoms with Gasteiger partial charge in [0.25, 0.3) is 0 Å². The van der Waals surface area contributed by atoms with Crippen molar-refractivity contribution in [1.82, 2.24) is 14.9 Å². The molecule has 2 heterocycles. The standard InChI is InChI=1S/C15H21N3O2S/c19-13(18-8-3-1-2-4-9-18)10-21-14-11-6-5-7-12(11)16-15(20)17-14/h1-10H2,(H,16,17,20). The summed E-state index contributed by atoms with van der Waals surface area (Å²) in [4.78, 5) is 32.7. The average Bonchev–Trinajstić information content (AvgIpc) is 2.77. The van der Waals surface area contributed by atoms with Crippen LogP contribution < -0.4 is 5.69 Å². The van der Waals surface area contributed by atoms with Crippen LogP contribution in [0.2, 0.25) is 0 Å². The zero-order valence-corrected chi connectivity index (χ0v) is 13.0. The van der Waals surface area contributed by atoms with E-state index >= 15 is 0 Å². The molecule has 1 N–H and O–H groups in total. The van der Waals surface area contributed by atoms with Gasteiger partial charge in [-0.3, -0.25) is 4.79 Å². The van der Waals surface area contributed by atoms with Crippen LogP contribution >= 0.6 is 11.8 Å². The van der Waals surface area contributed by atoms with Gasteiger partial charge in [-0.1, -0.05) is 24.6 Å². The molecule has 0 aromatic carbocycles. The molecule has 0 radical (unpaired) electrons. The first-order valence-electron chi connectivity index (χ1n) is 7.76. The first-order chi connectivity index (χ1) is 10.2. The molecule has 3 rings (SSSR count). The minimum Gasteiger partial charge on any atom is -0.342 e. The van der Waals surface area contributed by atoms with Crippen molar-refractivity contribution < 1.29 is 4.79 Å². The van der Waals surface area contributed by atoms with Crippen molar-refractivity contribution in [1.29, 1.82) is 0 Å². The van der Waals surface area contributed by atoms with Crippen LogP contribution in [0.1, 0.15) is 43.4 Å². The number of aromatic nitrogens is 2. The van der Waals surface area contributed by atoms with E-state index in [9.17, 15) is 9.59 Å². The topological polar surface area (TPSA) is 66.1 Å². The Morgan fingerprint density at radius 3 is 2.67 bits per heavy atom. The molecule has 21 heavy (non-hydrogen) atoms. The van der Waals surface area contributed by atoms with Gasteiger partial charge in [0.05, 0.1) is 5.75 Å². The minimum atomic E-state index is -0.291. The van der Waals surface area contributed by atoms with Gasteiger partial charge in [0.1, 0.15) is 5.03 Å². The SMILES string of the molecule is O=C(CSc1nc(=O)[nH]c2c1CCC2)N1CCCCCC1. The number of thioether (sulfide) groups is 1. The Kier molecular flexibility index (Phi) is 4.63. The fourth-order valence-electron chi connectivity index (χ4n) is 3.10. The molecule has 1 saturated heterocycles. The summed E-state index contributed by atoms with van der Waals surface area (Å²) in [6.45, 7) is 1.75. The van der Waals surface area contributed by atoms with Crippen LogP contribution in [-0.4, -0.2) is 39.6 Å². The third-order valence-corrected chi connectivity index (χ3v) is 5.23. The predicted molar refractivity (Wildman–Crippen MR) is 82.7 cm³/mol. The summed E-state index contributed by atoms with van der Waals surface area (Å²) in [6.07, 6.45) is 7.59. The largest absolute Gasteiger partial charge is 0.346 e. The highest BCUT2D eigenvalue weighted by Gasteiger charge is 2.20. The molecule has 2 aliphatic rings. The van der Waals surface area contributed by atoms with E-state index in [-0.39, 0.29) is 11.6 Å². The van der Waals surface area contributed by atoms with Crippen molar-refractivity contribution in [2.45, 2.75) is 50.0 Å². The fourth-order valence-corrected chi connectivity index (χ4v) is 4.08. The van der Waals surface area contributed by atoms with Crippen LogP contribution in [0, 0.1) is 0 Å². The van der Waals surface area contributed by atoms with Crippen molar-refractivity contribution in [3.05, 3.63) is 21.7 Å². The number of hydrogen-bond acceptors (Lipinski definition) is 4. The van der Waals surface area contributed by atoms with Gasteiger partial charge in [0.15, 0.2) is 0 Å². The molecule has 5 nitrogen and oxygen atoms in total. The van der Waals surface area contributed by atoms with Crippen LogP contribution in [0.3, 0.4) is 0 Å². The number of nitrogens with one attached hydrogen (secondary N) is 1. The number of amides is 1. The van der Waals surface area contributed by atoms with Crippen molar-refractivity contribution >= 4 is 17.7 Å². The summed E-state index contributed by atoms with van der Waals surface area (Å²) >= 11 is 1.43. The summed E-state index contributed by atoms with van der Waals surface area (Å²) in [5.41, 5.74) is 1.86. The highest BCUT2D eigenvalue weighted by Crippen LogP contribution is 2.28. The number of H-pyrrole nitrogens is 1. The lowest BCUT2D eigenvalue weighted by Gasteiger charge is -2.20. The number of rotatable bonds is 3. The van der Waals surface area contributed by atoms with Gasteiger partial charge in [-0.05, 0) is 32.1 Å². The Hall–Kier alpha value is -1.30. The van der Waals surface area contributed by atoms with E-state index in [1.165, 1.54) is 24.6 Å². The number of aryl methyl sites for hydroxylation is 1. The lowest BCUT2D eigenvalue weighted by Crippen LogP contribution is -2.33. The summed E-state index contributed by atoms with van der Waals surface area (Å²) in [6, 6.07) is 0. The highest BCUT2D eigenvalue weighted by atomic mass is 32.2. The minimum absolute atomic E-state index is 0.177. The number of likely N-dealkylation sites (tertiary alicyclic amines) is 1. The molecule has 0 unspecified atom stereocenters. The van der Waals surface area contributed by atoms with Gasteiger partial charge in [-0.15, -0.1) is 0 Å². The third kappa shape index (κ3) is 3.48. The van der Waals surface area contributed by atoms with Crippen LogP contribution in [-0.2, 0) is 17.6 Å². The summed E-state index contributed by atoms with van der Waals surface area (Å²) < 4.78 is 0. The lowest BCUT2D eigenvalue weighted by atomic mass is 10.2. The van der Waals surface area contributed by atoms with Crippen molar-refractivity contribution in [3.8, 4) is 0 Å². The van der Waals surface area contributed by atoms with E-state index in [1.54, 1.807) is 0 Å². The second-order valence-electron chi connectivity index (χ2n) is 5.74. The van der Waals surface area contributed by atoms with Crippen molar-refractivity contribution in [2.24, 2.45) is 0 Å². The maximum Gasteiger partial charge on any atom is 0.346 e. The number of hydrogen-bond donors (Lipinski definition) is 1. The van der Waals surface area contributed by atoms with E-state index in [1.807, 2.05) is 4.90 Å². The molecular weight excluding hydrogens is 286 g/mol. The molecule has 1 aromatic rings. The molecule has 6 heteroatoms. The zero-order chi connectivity index (χ0) is 14.7. The molecular formula is C15H21N3O2S. The monoisotopic (exact) mass is 307 g/mol. The fraction of sp³-hybridized carbons (Fsp3) is 0.667. The Labute approximate surface area is 128 Å². The third-order valence-electron chi connectivity index (χ3n) is 4.23. The predicted octanol–water partition coefficient (Wildman–Crippen LogP) is 1.75. The summed E-state index contributed by atoms with van der Waals surface area (Å²) in [5.74, 6) is 0.568. The first kappa shape index (κ1) is 14.6. The van der Waals surface area contributed by atoms with E-state index in [0.29, 0.717) is 5.75 Å². The summed E-state index contributed by atoms with van der Waals surface area (Å²) in [7, 11) is 0. The van der Waals surface area contributed by atoms with Crippen LogP contribution in [0.4, 0.5) is 0 Å². The zero-order valence-electron chi connectivity index (χ0n) is 12.2. The van der Waals surface area contributed by atoms with Crippen LogP contribution in [0.25, 0.3) is 0 Å². The molecule has 0 bridgehead atoms. The van der Waals surface area contributed by atoms with Gasteiger partial charge in [0, 0.05) is 24.3 Å². The van der Waals surface area contributed by atoms with Crippen LogP contribution in [0.15, 0.2) is 9.82 Å². The summed E-state index contributed by atoms with van der Waals surface area (Å²) in [5, 5.41) is 0.759. The number of carbonyl (C=O) groups excluding carboxylic acids is 1. The Balaban J connectivity index is 1.65. The smallest absolute Gasteiger partial charge is 0.342 e. The number of aromatic amines is 1. The molecule has 1 aliphatic carbocycles. The van der Waals surface area contributed by atoms with Gasteiger partial charge >= 0.3 is 5.69 Å². The Bertz CT molecular complexity index is 577. The van der Waals surface area contributed by atoms with E-state index in [4.69, 9.17) is 0 Å². The average molecular weight is 307 g/mol. The molecule has 1 amide bonds. The Morgan fingerprint density at radius 1 is 1.14 bits per heavy atom. The van der Waals surface area contributed by atoms with Gasteiger partial charge in [-0.25, -0.2) is 4.79 Å². The van der Waals surface area contributed by atoms with E-state index in [2.05, 4.69) is 9.97 Å². The molecule has 114 valence electrons. The van der Waals surface area contributed by atoms with Crippen molar-refractivity contribution in [2.75, 3.05) is 18.8 Å². The maximum absolute atomic E-state index is 12.3. The number of fused-ring (bicyclic) bond motifs is 1.